The molecule has 1 heterocycles. The standard InChI is InChI=1S/C12H10O4S2/c13-12(9-4-2-1-3-5-9)16-10-6-7-17-11(10)8-18(14)15/h1-7H,8H2,(H,14,15). The zero-order valence-corrected chi connectivity index (χ0v) is 10.9. The van der Waals surface area contributed by atoms with Crippen LogP contribution in [0.1, 0.15) is 15.2 Å². The number of hydrogen-bond acceptors (Lipinski definition) is 4. The Balaban J connectivity index is 2.13. The van der Waals surface area contributed by atoms with E-state index in [0.29, 0.717) is 16.2 Å². The minimum absolute atomic E-state index is 0.0327. The highest BCUT2D eigenvalue weighted by molar-refractivity contribution is 7.78. The molecule has 0 saturated heterocycles. The molecule has 0 aliphatic carbocycles. The van der Waals surface area contributed by atoms with Gasteiger partial charge in [-0.15, -0.1) is 11.3 Å². The van der Waals surface area contributed by atoms with Crippen molar-refractivity contribution in [3.8, 4) is 5.75 Å². The summed E-state index contributed by atoms with van der Waals surface area (Å²) in [6.07, 6.45) is 0. The number of hydrogen-bond donors (Lipinski definition) is 1. The number of carbonyl (C=O) groups is 1. The summed E-state index contributed by atoms with van der Waals surface area (Å²) in [5.41, 5.74) is 0.444. The van der Waals surface area contributed by atoms with Crippen molar-refractivity contribution in [2.45, 2.75) is 5.75 Å². The summed E-state index contributed by atoms with van der Waals surface area (Å²) in [6, 6.07) is 10.2. The Morgan fingerprint density at radius 1 is 1.28 bits per heavy atom. The van der Waals surface area contributed by atoms with Crippen molar-refractivity contribution < 1.29 is 18.3 Å². The molecule has 0 saturated carbocycles. The van der Waals surface area contributed by atoms with Crippen LogP contribution in [0.15, 0.2) is 41.8 Å². The van der Waals surface area contributed by atoms with Gasteiger partial charge in [0.2, 0.25) is 0 Å². The molecule has 0 bridgehead atoms. The van der Waals surface area contributed by atoms with Crippen molar-refractivity contribution >= 4 is 28.4 Å². The summed E-state index contributed by atoms with van der Waals surface area (Å²) in [5.74, 6) is -0.162. The second-order valence-electron chi connectivity index (χ2n) is 3.43. The molecule has 1 aromatic carbocycles. The molecule has 94 valence electrons. The van der Waals surface area contributed by atoms with Gasteiger partial charge < -0.3 is 9.29 Å². The van der Waals surface area contributed by atoms with Gasteiger partial charge >= 0.3 is 5.97 Å². The SMILES string of the molecule is O=C(Oc1ccsc1CS(=O)O)c1ccccc1. The first-order valence-electron chi connectivity index (χ1n) is 5.08. The predicted molar refractivity (Wildman–Crippen MR) is 70.2 cm³/mol. The lowest BCUT2D eigenvalue weighted by molar-refractivity contribution is 0.0734. The molecule has 1 N–H and O–H groups in total. The van der Waals surface area contributed by atoms with E-state index < -0.39 is 17.0 Å². The van der Waals surface area contributed by atoms with Gasteiger partial charge in [-0.25, -0.2) is 9.00 Å². The molecule has 2 aromatic rings. The van der Waals surface area contributed by atoms with Crippen molar-refractivity contribution in [2.75, 3.05) is 0 Å². The van der Waals surface area contributed by atoms with Gasteiger partial charge in [0.15, 0.2) is 11.1 Å². The van der Waals surface area contributed by atoms with Crippen molar-refractivity contribution in [1.29, 1.82) is 0 Å². The fourth-order valence-corrected chi connectivity index (χ4v) is 2.89. The first-order chi connectivity index (χ1) is 8.66. The van der Waals surface area contributed by atoms with Crippen LogP contribution in [0.3, 0.4) is 0 Å². The summed E-state index contributed by atoms with van der Waals surface area (Å²) in [7, 11) is 0. The molecule has 0 aliphatic rings. The largest absolute Gasteiger partial charge is 0.422 e. The molecule has 1 atom stereocenters. The number of carbonyl (C=O) groups excluding carboxylic acids is 1. The summed E-state index contributed by atoms with van der Waals surface area (Å²) in [6.45, 7) is 0. The lowest BCUT2D eigenvalue weighted by Gasteiger charge is -2.04. The predicted octanol–water partition coefficient (Wildman–Crippen LogP) is 2.69. The Kier molecular flexibility index (Phi) is 4.24. The molecule has 0 aliphatic heterocycles. The fraction of sp³-hybridized carbons (Fsp3) is 0.0833. The Bertz CT molecular complexity index is 562. The highest BCUT2D eigenvalue weighted by Crippen LogP contribution is 2.26. The maximum Gasteiger partial charge on any atom is 0.343 e. The molecule has 0 fully saturated rings. The van der Waals surface area contributed by atoms with E-state index in [4.69, 9.17) is 9.29 Å². The fourth-order valence-electron chi connectivity index (χ4n) is 1.37. The van der Waals surface area contributed by atoms with E-state index in [2.05, 4.69) is 0 Å². The van der Waals surface area contributed by atoms with Crippen molar-refractivity contribution in [3.63, 3.8) is 0 Å². The molecular formula is C12H10O4S2. The minimum atomic E-state index is -1.95. The second kappa shape index (κ2) is 5.90. The highest BCUT2D eigenvalue weighted by Gasteiger charge is 2.13. The van der Waals surface area contributed by atoms with Crippen LogP contribution in [-0.4, -0.2) is 14.7 Å². The third-order valence-corrected chi connectivity index (χ3v) is 3.79. The average molecular weight is 282 g/mol. The van der Waals surface area contributed by atoms with E-state index in [1.54, 1.807) is 35.7 Å². The molecule has 1 unspecified atom stereocenters. The van der Waals surface area contributed by atoms with Gasteiger partial charge in [-0.1, -0.05) is 18.2 Å². The van der Waals surface area contributed by atoms with Gasteiger partial charge in [0.25, 0.3) is 0 Å². The summed E-state index contributed by atoms with van der Waals surface area (Å²) < 4.78 is 24.8. The summed E-state index contributed by atoms with van der Waals surface area (Å²) in [5, 5.41) is 1.72. The molecule has 0 spiro atoms. The van der Waals surface area contributed by atoms with Gasteiger partial charge in [0.1, 0.15) is 5.75 Å². The molecule has 2 rings (SSSR count). The maximum atomic E-state index is 11.8. The lowest BCUT2D eigenvalue weighted by Crippen LogP contribution is -2.09. The summed E-state index contributed by atoms with van der Waals surface area (Å²) in [4.78, 5) is 12.4. The number of thiophene rings is 1. The van der Waals surface area contributed by atoms with E-state index in [1.165, 1.54) is 11.3 Å². The number of rotatable bonds is 4. The highest BCUT2D eigenvalue weighted by atomic mass is 32.2. The molecule has 1 aromatic heterocycles. The zero-order chi connectivity index (χ0) is 13.0. The van der Waals surface area contributed by atoms with Gasteiger partial charge in [0, 0.05) is 0 Å². The molecule has 4 nitrogen and oxygen atoms in total. The van der Waals surface area contributed by atoms with E-state index in [0.717, 1.165) is 0 Å². The number of esters is 1. The van der Waals surface area contributed by atoms with Crippen LogP contribution in [0.5, 0.6) is 5.75 Å². The minimum Gasteiger partial charge on any atom is -0.422 e. The van der Waals surface area contributed by atoms with Gasteiger partial charge in [-0.2, -0.15) is 0 Å². The van der Waals surface area contributed by atoms with Crippen LogP contribution in [0.25, 0.3) is 0 Å². The third kappa shape index (κ3) is 3.25. The van der Waals surface area contributed by atoms with E-state index in [-0.39, 0.29) is 5.75 Å². The Morgan fingerprint density at radius 3 is 2.67 bits per heavy atom. The smallest absolute Gasteiger partial charge is 0.343 e. The van der Waals surface area contributed by atoms with E-state index in [9.17, 15) is 9.00 Å². The van der Waals surface area contributed by atoms with Gasteiger partial charge in [-0.05, 0) is 23.6 Å². The number of benzene rings is 1. The first kappa shape index (κ1) is 12.9. The lowest BCUT2D eigenvalue weighted by atomic mass is 10.2. The zero-order valence-electron chi connectivity index (χ0n) is 9.24. The van der Waals surface area contributed by atoms with Crippen LogP contribution in [0, 0.1) is 0 Å². The van der Waals surface area contributed by atoms with Crippen molar-refractivity contribution in [2.24, 2.45) is 0 Å². The van der Waals surface area contributed by atoms with E-state index >= 15 is 0 Å². The van der Waals surface area contributed by atoms with Crippen LogP contribution in [0.4, 0.5) is 0 Å². The second-order valence-corrected chi connectivity index (χ2v) is 5.36. The topological polar surface area (TPSA) is 63.6 Å². The van der Waals surface area contributed by atoms with Crippen molar-refractivity contribution in [3.05, 3.63) is 52.2 Å². The van der Waals surface area contributed by atoms with Gasteiger partial charge in [0.05, 0.1) is 16.2 Å². The van der Waals surface area contributed by atoms with Crippen LogP contribution >= 0.6 is 11.3 Å². The maximum absolute atomic E-state index is 11.8. The monoisotopic (exact) mass is 282 g/mol. The summed E-state index contributed by atoms with van der Waals surface area (Å²) >= 11 is -0.661. The molecule has 0 radical (unpaired) electrons. The van der Waals surface area contributed by atoms with Crippen LogP contribution < -0.4 is 4.74 Å². The first-order valence-corrected chi connectivity index (χ1v) is 7.23. The normalized spacial score (nSPS) is 12.1. The average Bonchev–Trinajstić information content (AvgIpc) is 2.77. The van der Waals surface area contributed by atoms with E-state index in [1.807, 2.05) is 6.07 Å². The Morgan fingerprint density at radius 2 is 2.00 bits per heavy atom. The number of ether oxygens (including phenoxy) is 1. The molecular weight excluding hydrogens is 272 g/mol. The Labute approximate surface area is 111 Å². The van der Waals surface area contributed by atoms with Crippen LogP contribution in [0.2, 0.25) is 0 Å². The molecule has 18 heavy (non-hydrogen) atoms. The Hall–Kier alpha value is -1.50. The quantitative estimate of drug-likeness (QED) is 0.691. The van der Waals surface area contributed by atoms with Gasteiger partial charge in [-0.3, -0.25) is 0 Å². The molecule has 0 amide bonds. The molecule has 6 heteroatoms. The van der Waals surface area contributed by atoms with Crippen molar-refractivity contribution in [1.82, 2.24) is 0 Å². The third-order valence-electron chi connectivity index (χ3n) is 2.17. The van der Waals surface area contributed by atoms with Crippen LogP contribution in [-0.2, 0) is 16.8 Å².